The van der Waals surface area contributed by atoms with E-state index in [0.717, 1.165) is 0 Å². The number of carbonyl (C=O) groups is 4. The SMILES string of the molecule is N[C@@H](CO)C(=O)N[C@@H](Cc1cnc[nH]1)C(=O)NCC(=O)N[C@@H](Cc1cnc[nH]1)C(=O)O. The van der Waals surface area contributed by atoms with Gasteiger partial charge in [0.25, 0.3) is 0 Å². The van der Waals surface area contributed by atoms with E-state index in [0.29, 0.717) is 11.4 Å². The highest BCUT2D eigenvalue weighted by molar-refractivity contribution is 5.92. The molecule has 0 aliphatic carbocycles. The third-order valence-electron chi connectivity index (χ3n) is 4.18. The summed E-state index contributed by atoms with van der Waals surface area (Å²) < 4.78 is 0. The van der Waals surface area contributed by atoms with Crippen molar-refractivity contribution in [3.63, 3.8) is 0 Å². The lowest BCUT2D eigenvalue weighted by molar-refractivity contribution is -0.141. The number of aromatic nitrogens is 4. The van der Waals surface area contributed by atoms with Crippen LogP contribution in [0.25, 0.3) is 0 Å². The first-order valence-electron chi connectivity index (χ1n) is 9.21. The summed E-state index contributed by atoms with van der Waals surface area (Å²) in [5.41, 5.74) is 6.51. The van der Waals surface area contributed by atoms with Gasteiger partial charge in [0.2, 0.25) is 17.7 Å². The molecule has 0 saturated heterocycles. The van der Waals surface area contributed by atoms with Crippen molar-refractivity contribution in [1.29, 1.82) is 0 Å². The van der Waals surface area contributed by atoms with Gasteiger partial charge >= 0.3 is 5.97 Å². The van der Waals surface area contributed by atoms with E-state index in [9.17, 15) is 24.3 Å². The maximum absolute atomic E-state index is 12.5. The molecule has 3 amide bonds. The zero-order valence-electron chi connectivity index (χ0n) is 16.4. The molecule has 2 rings (SSSR count). The number of nitrogens with one attached hydrogen (secondary N) is 5. The van der Waals surface area contributed by atoms with E-state index in [2.05, 4.69) is 35.9 Å². The minimum absolute atomic E-state index is 0.0213. The lowest BCUT2D eigenvalue weighted by atomic mass is 10.1. The molecule has 0 aromatic carbocycles. The molecular weight excluding hydrogens is 412 g/mol. The Balaban J connectivity index is 1.93. The third kappa shape index (κ3) is 7.52. The summed E-state index contributed by atoms with van der Waals surface area (Å²) in [6.07, 6.45) is 5.67. The molecule has 9 N–H and O–H groups in total. The summed E-state index contributed by atoms with van der Waals surface area (Å²) in [6.45, 7) is -1.13. The van der Waals surface area contributed by atoms with Gasteiger partial charge in [-0.3, -0.25) is 14.4 Å². The fourth-order valence-electron chi connectivity index (χ4n) is 2.54. The highest BCUT2D eigenvalue weighted by Gasteiger charge is 2.26. The van der Waals surface area contributed by atoms with Crippen LogP contribution in [-0.2, 0) is 32.0 Å². The zero-order chi connectivity index (χ0) is 22.8. The number of nitrogens with two attached hydrogens (primary N) is 1. The topological polar surface area (TPSA) is 228 Å². The number of hydrogen-bond donors (Lipinski definition) is 8. The standard InChI is InChI=1S/C17H24N8O6/c18-11(6-26)15(28)25-12(1-9-3-19-7-22-9)16(29)21-5-14(27)24-13(17(30)31)2-10-4-20-8-23-10/h3-4,7-8,11-13,26H,1-2,5-6,18H2,(H,19,22)(H,20,23)(H,21,29)(H,24,27)(H,25,28)(H,30,31)/t11-,12-,13-/m0/s1. The van der Waals surface area contributed by atoms with Crippen molar-refractivity contribution in [3.8, 4) is 0 Å². The number of H-pyrrole nitrogens is 2. The Hall–Kier alpha value is -3.78. The smallest absolute Gasteiger partial charge is 0.326 e. The van der Waals surface area contributed by atoms with Crippen LogP contribution in [0.1, 0.15) is 11.4 Å². The Morgan fingerprint density at radius 3 is 2.03 bits per heavy atom. The number of aliphatic carboxylic acids is 1. The zero-order valence-corrected chi connectivity index (χ0v) is 16.4. The molecule has 0 aliphatic rings. The van der Waals surface area contributed by atoms with E-state index in [1.165, 1.54) is 25.0 Å². The summed E-state index contributed by atoms with van der Waals surface area (Å²) in [5.74, 6) is -3.45. The Morgan fingerprint density at radius 1 is 0.968 bits per heavy atom. The van der Waals surface area contributed by atoms with Crippen LogP contribution < -0.4 is 21.7 Å². The minimum Gasteiger partial charge on any atom is -0.480 e. The summed E-state index contributed by atoms with van der Waals surface area (Å²) in [5, 5.41) is 25.3. The molecule has 0 radical (unpaired) electrons. The lowest BCUT2D eigenvalue weighted by Crippen LogP contribution is -2.55. The number of carboxylic acids is 1. The van der Waals surface area contributed by atoms with Crippen LogP contribution in [0, 0.1) is 0 Å². The summed E-state index contributed by atoms with van der Waals surface area (Å²) >= 11 is 0. The van der Waals surface area contributed by atoms with Crippen LogP contribution in [0.3, 0.4) is 0 Å². The van der Waals surface area contributed by atoms with Gasteiger partial charge < -0.3 is 41.9 Å². The Bertz CT molecular complexity index is 869. The van der Waals surface area contributed by atoms with Gasteiger partial charge in [0.05, 0.1) is 25.8 Å². The number of nitrogens with zero attached hydrogens (tertiary/aromatic N) is 2. The highest BCUT2D eigenvalue weighted by Crippen LogP contribution is 2.01. The van der Waals surface area contributed by atoms with Crippen molar-refractivity contribution in [2.24, 2.45) is 5.73 Å². The van der Waals surface area contributed by atoms with E-state index in [-0.39, 0.29) is 12.8 Å². The molecule has 168 valence electrons. The maximum Gasteiger partial charge on any atom is 0.326 e. The van der Waals surface area contributed by atoms with Crippen molar-refractivity contribution in [2.45, 2.75) is 31.0 Å². The van der Waals surface area contributed by atoms with Gasteiger partial charge in [0.15, 0.2) is 0 Å². The van der Waals surface area contributed by atoms with Crippen LogP contribution in [-0.4, -0.2) is 85.1 Å². The molecule has 0 fully saturated rings. The van der Waals surface area contributed by atoms with Gasteiger partial charge in [-0.15, -0.1) is 0 Å². The van der Waals surface area contributed by atoms with E-state index in [4.69, 9.17) is 10.8 Å². The minimum atomic E-state index is -1.25. The quantitative estimate of drug-likeness (QED) is 0.164. The largest absolute Gasteiger partial charge is 0.480 e. The number of amides is 3. The number of aromatic amines is 2. The molecule has 0 unspecified atom stereocenters. The molecule has 2 aromatic heterocycles. The molecule has 14 nitrogen and oxygen atoms in total. The summed E-state index contributed by atoms with van der Waals surface area (Å²) in [4.78, 5) is 61.1. The van der Waals surface area contributed by atoms with E-state index >= 15 is 0 Å². The fourth-order valence-corrected chi connectivity index (χ4v) is 2.54. The van der Waals surface area contributed by atoms with Crippen molar-refractivity contribution in [1.82, 2.24) is 35.9 Å². The Labute approximate surface area is 176 Å². The third-order valence-corrected chi connectivity index (χ3v) is 4.18. The number of rotatable bonds is 12. The number of carbonyl (C=O) groups excluding carboxylic acids is 3. The van der Waals surface area contributed by atoms with E-state index in [1.807, 2.05) is 0 Å². The molecule has 2 heterocycles. The van der Waals surface area contributed by atoms with Gasteiger partial charge in [-0.1, -0.05) is 0 Å². The highest BCUT2D eigenvalue weighted by atomic mass is 16.4. The number of carboxylic acid groups (broad SMARTS) is 1. The number of aliphatic hydroxyl groups excluding tert-OH is 1. The molecule has 0 bridgehead atoms. The van der Waals surface area contributed by atoms with Crippen molar-refractivity contribution in [2.75, 3.05) is 13.2 Å². The van der Waals surface area contributed by atoms with Crippen LogP contribution >= 0.6 is 0 Å². The van der Waals surface area contributed by atoms with Gasteiger partial charge in [-0.2, -0.15) is 0 Å². The van der Waals surface area contributed by atoms with Crippen LogP contribution in [0.5, 0.6) is 0 Å². The summed E-state index contributed by atoms with van der Waals surface area (Å²) in [6, 6.07) is -3.56. The van der Waals surface area contributed by atoms with Gasteiger partial charge in [-0.25, -0.2) is 14.8 Å². The molecular formula is C17H24N8O6. The molecule has 2 aromatic rings. The average Bonchev–Trinajstić information content (AvgIpc) is 3.44. The Morgan fingerprint density at radius 2 is 1.55 bits per heavy atom. The first-order chi connectivity index (χ1) is 14.8. The van der Waals surface area contributed by atoms with Crippen LogP contribution in [0.15, 0.2) is 25.0 Å². The average molecular weight is 436 g/mol. The lowest BCUT2D eigenvalue weighted by Gasteiger charge is -2.20. The molecule has 0 aliphatic heterocycles. The monoisotopic (exact) mass is 436 g/mol. The van der Waals surface area contributed by atoms with Crippen LogP contribution in [0.4, 0.5) is 0 Å². The molecule has 14 heteroatoms. The predicted molar refractivity (Wildman–Crippen MR) is 104 cm³/mol. The summed E-state index contributed by atoms with van der Waals surface area (Å²) in [7, 11) is 0. The van der Waals surface area contributed by atoms with Gasteiger partial charge in [-0.05, 0) is 0 Å². The molecule has 3 atom stereocenters. The van der Waals surface area contributed by atoms with Crippen molar-refractivity contribution in [3.05, 3.63) is 36.4 Å². The van der Waals surface area contributed by atoms with Gasteiger partial charge in [0.1, 0.15) is 18.1 Å². The van der Waals surface area contributed by atoms with Crippen molar-refractivity contribution >= 4 is 23.7 Å². The number of imidazole rings is 2. The first kappa shape index (κ1) is 23.5. The molecule has 0 spiro atoms. The maximum atomic E-state index is 12.5. The first-order valence-corrected chi connectivity index (χ1v) is 9.21. The Kier molecular flexibility index (Phi) is 8.65. The second-order valence-electron chi connectivity index (χ2n) is 6.59. The van der Waals surface area contributed by atoms with Crippen LogP contribution in [0.2, 0.25) is 0 Å². The van der Waals surface area contributed by atoms with E-state index < -0.39 is 55.0 Å². The molecule has 0 saturated carbocycles. The second-order valence-corrected chi connectivity index (χ2v) is 6.59. The number of hydrogen-bond acceptors (Lipinski definition) is 8. The fraction of sp³-hybridized carbons (Fsp3) is 0.412. The van der Waals surface area contributed by atoms with Crippen molar-refractivity contribution < 1.29 is 29.4 Å². The number of aliphatic hydroxyl groups is 1. The van der Waals surface area contributed by atoms with E-state index in [1.54, 1.807) is 0 Å². The second kappa shape index (κ2) is 11.4. The van der Waals surface area contributed by atoms with Gasteiger partial charge in [0, 0.05) is 36.6 Å². The predicted octanol–water partition coefficient (Wildman–Crippen LogP) is -3.59. The normalized spacial score (nSPS) is 13.6. The molecule has 31 heavy (non-hydrogen) atoms.